The van der Waals surface area contributed by atoms with E-state index in [0.29, 0.717) is 22.8 Å². The van der Waals surface area contributed by atoms with Crippen LogP contribution in [0.3, 0.4) is 0 Å². The highest BCUT2D eigenvalue weighted by molar-refractivity contribution is 9.10. The number of methoxy groups -OCH3 is 1. The van der Waals surface area contributed by atoms with Crippen molar-refractivity contribution in [2.75, 3.05) is 7.11 Å². The Kier molecular flexibility index (Phi) is 4.86. The summed E-state index contributed by atoms with van der Waals surface area (Å²) in [7, 11) is 1.58. The van der Waals surface area contributed by atoms with E-state index in [0.717, 1.165) is 10.0 Å². The van der Waals surface area contributed by atoms with Crippen molar-refractivity contribution in [1.82, 2.24) is 0 Å². The standard InChI is InChI=1S/C15H14BrClO2/c1-19-15-7-6-12(17)9-13(15)14(18)8-10-2-4-11(16)5-3-10/h2-7,9,14,18H,8H2,1H3. The van der Waals surface area contributed by atoms with Gasteiger partial charge in [0.1, 0.15) is 5.75 Å². The Hall–Kier alpha value is -1.03. The van der Waals surface area contributed by atoms with Crippen molar-refractivity contribution in [2.24, 2.45) is 0 Å². The molecule has 1 N–H and O–H groups in total. The Morgan fingerprint density at radius 2 is 1.89 bits per heavy atom. The normalized spacial score (nSPS) is 12.2. The third-order valence-electron chi connectivity index (χ3n) is 2.89. The molecule has 0 aliphatic rings. The van der Waals surface area contributed by atoms with Crippen LogP contribution in [0.5, 0.6) is 5.75 Å². The zero-order valence-corrected chi connectivity index (χ0v) is 12.8. The quantitative estimate of drug-likeness (QED) is 0.894. The lowest BCUT2D eigenvalue weighted by Gasteiger charge is -2.15. The molecule has 2 aromatic rings. The minimum atomic E-state index is -0.644. The third-order valence-corrected chi connectivity index (χ3v) is 3.66. The molecule has 0 aliphatic carbocycles. The van der Waals surface area contributed by atoms with Gasteiger partial charge in [-0.3, -0.25) is 0 Å². The maximum atomic E-state index is 10.3. The lowest BCUT2D eigenvalue weighted by atomic mass is 10.0. The lowest BCUT2D eigenvalue weighted by Crippen LogP contribution is -2.04. The number of aliphatic hydroxyl groups excluding tert-OH is 1. The van der Waals surface area contributed by atoms with Gasteiger partial charge >= 0.3 is 0 Å². The summed E-state index contributed by atoms with van der Waals surface area (Å²) < 4.78 is 6.27. The fraction of sp³-hybridized carbons (Fsp3) is 0.200. The maximum Gasteiger partial charge on any atom is 0.124 e. The van der Waals surface area contributed by atoms with Gasteiger partial charge in [0.2, 0.25) is 0 Å². The second-order valence-electron chi connectivity index (χ2n) is 4.23. The van der Waals surface area contributed by atoms with E-state index in [1.54, 1.807) is 25.3 Å². The first-order valence-corrected chi connectivity index (χ1v) is 7.03. The maximum absolute atomic E-state index is 10.3. The summed E-state index contributed by atoms with van der Waals surface area (Å²) in [5.74, 6) is 0.647. The summed E-state index contributed by atoms with van der Waals surface area (Å²) in [5, 5.41) is 10.9. The Balaban J connectivity index is 2.21. The highest BCUT2D eigenvalue weighted by Crippen LogP contribution is 2.30. The number of rotatable bonds is 4. The summed E-state index contributed by atoms with van der Waals surface area (Å²) in [6, 6.07) is 13.1. The molecule has 2 rings (SSSR count). The van der Waals surface area contributed by atoms with Gasteiger partial charge < -0.3 is 9.84 Å². The van der Waals surface area contributed by atoms with Crippen LogP contribution < -0.4 is 4.74 Å². The molecule has 2 nitrogen and oxygen atoms in total. The first-order valence-electron chi connectivity index (χ1n) is 5.86. The lowest BCUT2D eigenvalue weighted by molar-refractivity contribution is 0.174. The fourth-order valence-corrected chi connectivity index (χ4v) is 2.36. The van der Waals surface area contributed by atoms with Gasteiger partial charge in [-0.25, -0.2) is 0 Å². The minimum absolute atomic E-state index is 0.518. The van der Waals surface area contributed by atoms with Gasteiger partial charge in [0, 0.05) is 21.5 Å². The summed E-state index contributed by atoms with van der Waals surface area (Å²) in [5.41, 5.74) is 1.76. The van der Waals surface area contributed by atoms with Crippen molar-refractivity contribution in [3.8, 4) is 5.75 Å². The molecule has 1 unspecified atom stereocenters. The Morgan fingerprint density at radius 1 is 1.21 bits per heavy atom. The Morgan fingerprint density at radius 3 is 2.53 bits per heavy atom. The number of aliphatic hydroxyl groups is 1. The third kappa shape index (κ3) is 3.72. The number of benzene rings is 2. The van der Waals surface area contributed by atoms with Gasteiger partial charge in [-0.15, -0.1) is 0 Å². The number of hydrogen-bond acceptors (Lipinski definition) is 2. The average molecular weight is 342 g/mol. The molecule has 0 spiro atoms. The van der Waals surface area contributed by atoms with Gasteiger partial charge in [-0.05, 0) is 35.9 Å². The molecule has 100 valence electrons. The summed E-state index contributed by atoms with van der Waals surface area (Å²) in [6.07, 6.45) is -0.126. The number of hydrogen-bond donors (Lipinski definition) is 1. The van der Waals surface area contributed by atoms with Crippen LogP contribution in [0.2, 0.25) is 5.02 Å². The van der Waals surface area contributed by atoms with Gasteiger partial charge in [0.05, 0.1) is 13.2 Å². The summed E-state index contributed by atoms with van der Waals surface area (Å²) in [4.78, 5) is 0. The predicted octanol–water partition coefficient (Wildman–Crippen LogP) is 4.39. The average Bonchev–Trinajstić information content (AvgIpc) is 2.41. The largest absolute Gasteiger partial charge is 0.496 e. The van der Waals surface area contributed by atoms with Crippen LogP contribution in [-0.2, 0) is 6.42 Å². The highest BCUT2D eigenvalue weighted by atomic mass is 79.9. The molecule has 0 heterocycles. The van der Waals surface area contributed by atoms with Gasteiger partial charge in [-0.2, -0.15) is 0 Å². The van der Waals surface area contributed by atoms with Crippen LogP contribution in [0, 0.1) is 0 Å². The molecule has 0 aliphatic heterocycles. The molecule has 4 heteroatoms. The van der Waals surface area contributed by atoms with Crippen LogP contribution in [0.25, 0.3) is 0 Å². The van der Waals surface area contributed by atoms with Crippen LogP contribution in [-0.4, -0.2) is 12.2 Å². The van der Waals surface area contributed by atoms with E-state index in [1.807, 2.05) is 24.3 Å². The molecule has 0 fully saturated rings. The van der Waals surface area contributed by atoms with E-state index >= 15 is 0 Å². The molecule has 0 amide bonds. The second kappa shape index (κ2) is 6.42. The van der Waals surface area contributed by atoms with Crippen molar-refractivity contribution in [3.05, 3.63) is 63.1 Å². The predicted molar refractivity (Wildman–Crippen MR) is 80.8 cm³/mol. The summed E-state index contributed by atoms with van der Waals surface area (Å²) >= 11 is 9.36. The van der Waals surface area contributed by atoms with Crippen LogP contribution in [0.15, 0.2) is 46.9 Å². The molecule has 0 bridgehead atoms. The molecular formula is C15H14BrClO2. The van der Waals surface area contributed by atoms with Crippen LogP contribution in [0.1, 0.15) is 17.2 Å². The van der Waals surface area contributed by atoms with Crippen LogP contribution in [0.4, 0.5) is 0 Å². The number of halogens is 2. The monoisotopic (exact) mass is 340 g/mol. The van der Waals surface area contributed by atoms with E-state index in [1.165, 1.54) is 0 Å². The minimum Gasteiger partial charge on any atom is -0.496 e. The number of ether oxygens (including phenoxy) is 1. The molecule has 0 radical (unpaired) electrons. The Bertz CT molecular complexity index is 555. The van der Waals surface area contributed by atoms with Crippen molar-refractivity contribution in [2.45, 2.75) is 12.5 Å². The first-order chi connectivity index (χ1) is 9.10. The van der Waals surface area contributed by atoms with Crippen molar-refractivity contribution >= 4 is 27.5 Å². The van der Waals surface area contributed by atoms with E-state index in [4.69, 9.17) is 16.3 Å². The molecule has 2 aromatic carbocycles. The van der Waals surface area contributed by atoms with Crippen molar-refractivity contribution in [1.29, 1.82) is 0 Å². The first kappa shape index (κ1) is 14.4. The van der Waals surface area contributed by atoms with Crippen LogP contribution >= 0.6 is 27.5 Å². The van der Waals surface area contributed by atoms with E-state index in [9.17, 15) is 5.11 Å². The van der Waals surface area contributed by atoms with E-state index < -0.39 is 6.10 Å². The van der Waals surface area contributed by atoms with Gasteiger partial charge in [0.25, 0.3) is 0 Å². The van der Waals surface area contributed by atoms with Gasteiger partial charge in [0.15, 0.2) is 0 Å². The zero-order chi connectivity index (χ0) is 13.8. The Labute approximate surface area is 126 Å². The SMILES string of the molecule is COc1ccc(Cl)cc1C(O)Cc1ccc(Br)cc1. The smallest absolute Gasteiger partial charge is 0.124 e. The fourth-order valence-electron chi connectivity index (χ4n) is 1.92. The highest BCUT2D eigenvalue weighted by Gasteiger charge is 2.14. The second-order valence-corrected chi connectivity index (χ2v) is 5.58. The molecule has 19 heavy (non-hydrogen) atoms. The molecule has 0 saturated carbocycles. The molecular weight excluding hydrogens is 328 g/mol. The summed E-state index contributed by atoms with van der Waals surface area (Å²) in [6.45, 7) is 0. The molecule has 0 saturated heterocycles. The molecule has 1 atom stereocenters. The van der Waals surface area contributed by atoms with E-state index in [2.05, 4.69) is 15.9 Å². The zero-order valence-electron chi connectivity index (χ0n) is 10.4. The topological polar surface area (TPSA) is 29.5 Å². The molecule has 0 aromatic heterocycles. The van der Waals surface area contributed by atoms with Crippen molar-refractivity contribution in [3.63, 3.8) is 0 Å². The van der Waals surface area contributed by atoms with Crippen molar-refractivity contribution < 1.29 is 9.84 Å². The van der Waals surface area contributed by atoms with Gasteiger partial charge in [-0.1, -0.05) is 39.7 Å². The van der Waals surface area contributed by atoms with E-state index in [-0.39, 0.29) is 0 Å².